The van der Waals surface area contributed by atoms with Gasteiger partial charge in [0.25, 0.3) is 5.56 Å². The van der Waals surface area contributed by atoms with E-state index in [-0.39, 0.29) is 18.1 Å². The van der Waals surface area contributed by atoms with Crippen LogP contribution < -0.4 is 15.6 Å². The lowest BCUT2D eigenvalue weighted by Gasteiger charge is -2.24. The molecule has 2 amide bonds. The standard InChI is InChI=1S/C26H26N4O3/c1-17-10-11-20-13-21(25(31)29-24(20)18(17)2)16-30(15-19-7-6-12-27-14-19)26(32)28-22-8-4-5-9-23(22)33-3/h4-14H,15-16H2,1-3H3,(H,28,32)(H,29,31). The predicted octanol–water partition coefficient (Wildman–Crippen LogP) is 4.78. The molecule has 33 heavy (non-hydrogen) atoms. The normalized spacial score (nSPS) is 10.8. The number of pyridine rings is 2. The quantitative estimate of drug-likeness (QED) is 0.450. The van der Waals surface area contributed by atoms with E-state index in [0.717, 1.165) is 27.6 Å². The first kappa shape index (κ1) is 22.1. The third kappa shape index (κ3) is 4.87. The summed E-state index contributed by atoms with van der Waals surface area (Å²) >= 11 is 0. The minimum absolute atomic E-state index is 0.133. The molecule has 0 aliphatic heterocycles. The number of H-pyrrole nitrogens is 1. The number of methoxy groups -OCH3 is 1. The Morgan fingerprint density at radius 3 is 2.67 bits per heavy atom. The van der Waals surface area contributed by atoms with E-state index in [9.17, 15) is 9.59 Å². The van der Waals surface area contributed by atoms with Crippen LogP contribution in [0.1, 0.15) is 22.3 Å². The van der Waals surface area contributed by atoms with Crippen molar-refractivity contribution >= 4 is 22.6 Å². The fraction of sp³-hybridized carbons (Fsp3) is 0.192. The van der Waals surface area contributed by atoms with Gasteiger partial charge in [0.15, 0.2) is 0 Å². The number of nitrogens with one attached hydrogen (secondary N) is 2. The lowest BCUT2D eigenvalue weighted by Crippen LogP contribution is -2.36. The van der Waals surface area contributed by atoms with Crippen molar-refractivity contribution < 1.29 is 9.53 Å². The van der Waals surface area contributed by atoms with E-state index in [2.05, 4.69) is 15.3 Å². The van der Waals surface area contributed by atoms with Gasteiger partial charge in [-0.15, -0.1) is 0 Å². The summed E-state index contributed by atoms with van der Waals surface area (Å²) in [6.45, 7) is 4.43. The van der Waals surface area contributed by atoms with E-state index in [4.69, 9.17) is 4.74 Å². The third-order valence-corrected chi connectivity index (χ3v) is 5.72. The van der Waals surface area contributed by atoms with Crippen LogP contribution in [0.5, 0.6) is 5.75 Å². The van der Waals surface area contributed by atoms with E-state index < -0.39 is 0 Å². The summed E-state index contributed by atoms with van der Waals surface area (Å²) in [6, 6.07) is 16.4. The highest BCUT2D eigenvalue weighted by Gasteiger charge is 2.19. The molecule has 4 rings (SSSR count). The van der Waals surface area contributed by atoms with E-state index in [1.54, 1.807) is 36.5 Å². The van der Waals surface area contributed by atoms with Gasteiger partial charge in [0.05, 0.1) is 24.9 Å². The number of amides is 2. The number of urea groups is 1. The van der Waals surface area contributed by atoms with Crippen LogP contribution >= 0.6 is 0 Å². The molecule has 0 bridgehead atoms. The van der Waals surface area contributed by atoms with Crippen molar-refractivity contribution in [2.75, 3.05) is 12.4 Å². The minimum Gasteiger partial charge on any atom is -0.495 e. The molecule has 0 atom stereocenters. The van der Waals surface area contributed by atoms with Gasteiger partial charge in [-0.3, -0.25) is 9.78 Å². The second-order valence-corrected chi connectivity index (χ2v) is 7.94. The predicted molar refractivity (Wildman–Crippen MR) is 130 cm³/mol. The van der Waals surface area contributed by atoms with Crippen LogP contribution in [0.25, 0.3) is 10.9 Å². The average Bonchev–Trinajstić information content (AvgIpc) is 2.83. The molecule has 0 fully saturated rings. The molecule has 0 aliphatic carbocycles. The number of para-hydroxylation sites is 2. The van der Waals surface area contributed by atoms with E-state index in [0.29, 0.717) is 23.5 Å². The molecular formula is C26H26N4O3. The second kappa shape index (κ2) is 9.56. The highest BCUT2D eigenvalue weighted by Crippen LogP contribution is 2.24. The Hall–Kier alpha value is -4.13. The van der Waals surface area contributed by atoms with Gasteiger partial charge in [0, 0.05) is 24.5 Å². The summed E-state index contributed by atoms with van der Waals surface area (Å²) in [5, 5.41) is 3.83. The molecule has 2 N–H and O–H groups in total. The number of aromatic nitrogens is 2. The smallest absolute Gasteiger partial charge is 0.322 e. The fourth-order valence-corrected chi connectivity index (χ4v) is 3.75. The zero-order valence-corrected chi connectivity index (χ0v) is 18.9. The molecule has 168 valence electrons. The lowest BCUT2D eigenvalue weighted by molar-refractivity contribution is 0.206. The number of hydrogen-bond donors (Lipinski definition) is 2. The maximum Gasteiger partial charge on any atom is 0.322 e. The minimum atomic E-state index is -0.345. The first-order chi connectivity index (χ1) is 16.0. The Morgan fingerprint density at radius 1 is 1.09 bits per heavy atom. The maximum atomic E-state index is 13.3. The van der Waals surface area contributed by atoms with Crippen molar-refractivity contribution in [2.45, 2.75) is 26.9 Å². The van der Waals surface area contributed by atoms with Crippen LogP contribution in [0, 0.1) is 13.8 Å². The second-order valence-electron chi connectivity index (χ2n) is 7.94. The van der Waals surface area contributed by atoms with Gasteiger partial charge < -0.3 is 19.9 Å². The monoisotopic (exact) mass is 442 g/mol. The molecule has 7 nitrogen and oxygen atoms in total. The molecule has 0 unspecified atom stereocenters. The van der Waals surface area contributed by atoms with Crippen molar-refractivity contribution in [3.63, 3.8) is 0 Å². The van der Waals surface area contributed by atoms with Crippen molar-refractivity contribution in [2.24, 2.45) is 0 Å². The van der Waals surface area contributed by atoms with Gasteiger partial charge in [-0.25, -0.2) is 4.79 Å². The number of rotatable bonds is 6. The van der Waals surface area contributed by atoms with Crippen molar-refractivity contribution in [3.05, 3.63) is 99.6 Å². The Morgan fingerprint density at radius 2 is 1.91 bits per heavy atom. The number of benzene rings is 2. The molecule has 7 heteroatoms. The largest absolute Gasteiger partial charge is 0.495 e. The number of hydrogen-bond acceptors (Lipinski definition) is 4. The van der Waals surface area contributed by atoms with Crippen LogP contribution in [0.2, 0.25) is 0 Å². The number of anilines is 1. The van der Waals surface area contributed by atoms with Crippen LogP contribution in [-0.4, -0.2) is 28.0 Å². The average molecular weight is 443 g/mol. The summed E-state index contributed by atoms with van der Waals surface area (Å²) in [7, 11) is 1.55. The van der Waals surface area contributed by atoms with E-state index in [1.807, 2.05) is 56.3 Å². The third-order valence-electron chi connectivity index (χ3n) is 5.72. The molecule has 0 spiro atoms. The molecule has 2 heterocycles. The summed E-state index contributed by atoms with van der Waals surface area (Å²) in [6.07, 6.45) is 3.39. The van der Waals surface area contributed by atoms with Crippen LogP contribution in [0.4, 0.5) is 10.5 Å². The topological polar surface area (TPSA) is 87.3 Å². The van der Waals surface area contributed by atoms with Gasteiger partial charge in [-0.2, -0.15) is 0 Å². The maximum absolute atomic E-state index is 13.3. The Labute approximate surface area is 192 Å². The summed E-state index contributed by atoms with van der Waals surface area (Å²) in [5.74, 6) is 0.557. The lowest BCUT2D eigenvalue weighted by atomic mass is 10.0. The van der Waals surface area contributed by atoms with Gasteiger partial charge in [0.2, 0.25) is 0 Å². The first-order valence-electron chi connectivity index (χ1n) is 10.7. The van der Waals surface area contributed by atoms with Crippen LogP contribution in [-0.2, 0) is 13.1 Å². The number of carbonyl (C=O) groups is 1. The van der Waals surface area contributed by atoms with Crippen molar-refractivity contribution in [3.8, 4) is 5.75 Å². The molecule has 4 aromatic rings. The van der Waals surface area contributed by atoms with E-state index >= 15 is 0 Å². The number of nitrogens with zero attached hydrogens (tertiary/aromatic N) is 2. The number of carbonyl (C=O) groups excluding carboxylic acids is 1. The molecule has 0 radical (unpaired) electrons. The molecule has 0 saturated heterocycles. The highest BCUT2D eigenvalue weighted by molar-refractivity contribution is 5.91. The van der Waals surface area contributed by atoms with Gasteiger partial charge in [0.1, 0.15) is 5.75 Å². The summed E-state index contributed by atoms with van der Waals surface area (Å²) in [5.41, 5.74) is 4.68. The Balaban J connectivity index is 1.68. The zero-order chi connectivity index (χ0) is 23.4. The van der Waals surface area contributed by atoms with Crippen molar-refractivity contribution in [1.29, 1.82) is 0 Å². The zero-order valence-electron chi connectivity index (χ0n) is 18.9. The van der Waals surface area contributed by atoms with Crippen LogP contribution in [0.15, 0.2) is 71.8 Å². The van der Waals surface area contributed by atoms with Gasteiger partial charge in [-0.1, -0.05) is 30.3 Å². The van der Waals surface area contributed by atoms with Gasteiger partial charge in [-0.05, 0) is 60.2 Å². The van der Waals surface area contributed by atoms with Gasteiger partial charge >= 0.3 is 6.03 Å². The molecule has 2 aromatic carbocycles. The Bertz CT molecular complexity index is 1350. The molecule has 2 aromatic heterocycles. The molecule has 0 aliphatic rings. The number of aromatic amines is 1. The van der Waals surface area contributed by atoms with Crippen LogP contribution in [0.3, 0.4) is 0 Å². The number of aryl methyl sites for hydroxylation is 2. The molecule has 0 saturated carbocycles. The fourth-order valence-electron chi connectivity index (χ4n) is 3.75. The van der Waals surface area contributed by atoms with E-state index in [1.165, 1.54) is 0 Å². The van der Waals surface area contributed by atoms with Crippen molar-refractivity contribution in [1.82, 2.24) is 14.9 Å². The Kier molecular flexibility index (Phi) is 6.40. The first-order valence-corrected chi connectivity index (χ1v) is 10.7. The SMILES string of the molecule is COc1ccccc1NC(=O)N(Cc1cccnc1)Cc1cc2ccc(C)c(C)c2[nH]c1=O. The highest BCUT2D eigenvalue weighted by atomic mass is 16.5. The number of ether oxygens (including phenoxy) is 1. The number of fused-ring (bicyclic) bond motifs is 1. The molecular weight excluding hydrogens is 416 g/mol. The summed E-state index contributed by atoms with van der Waals surface area (Å²) < 4.78 is 5.35. The summed E-state index contributed by atoms with van der Waals surface area (Å²) in [4.78, 5) is 34.9.